The fourth-order valence-corrected chi connectivity index (χ4v) is 3.43. The molecular weight excluding hydrogens is 302 g/mol. The fourth-order valence-electron chi connectivity index (χ4n) is 3.43. The second-order valence-corrected chi connectivity index (χ2v) is 6.73. The molecule has 0 bridgehead atoms. The largest absolute Gasteiger partial charge is 0.396 e. The van der Waals surface area contributed by atoms with E-state index < -0.39 is 0 Å². The lowest BCUT2D eigenvalue weighted by molar-refractivity contribution is 0.139. The second-order valence-electron chi connectivity index (χ2n) is 6.73. The minimum absolute atomic E-state index is 0.0988. The number of benzene rings is 1. The third kappa shape index (κ3) is 3.51. The normalized spacial score (nSPS) is 20.8. The molecule has 1 saturated carbocycles. The van der Waals surface area contributed by atoms with Crippen LogP contribution in [-0.4, -0.2) is 40.7 Å². The summed E-state index contributed by atoms with van der Waals surface area (Å²) in [5, 5.41) is 13.3. The summed E-state index contributed by atoms with van der Waals surface area (Å²) in [4.78, 5) is 19.0. The summed E-state index contributed by atoms with van der Waals surface area (Å²) >= 11 is 0. The van der Waals surface area contributed by atoms with Crippen LogP contribution in [0.3, 0.4) is 0 Å². The Balaban J connectivity index is 1.72. The van der Waals surface area contributed by atoms with Gasteiger partial charge in [-0.15, -0.1) is 0 Å². The topological polar surface area (TPSA) is 65.5 Å². The minimum atomic E-state index is -0.0988. The first-order valence-corrected chi connectivity index (χ1v) is 8.59. The average Bonchev–Trinajstić information content (AvgIpc) is 2.61. The molecule has 2 amide bonds. The summed E-state index contributed by atoms with van der Waals surface area (Å²) in [6, 6.07) is 9.95. The molecule has 1 aliphatic rings. The number of nitrogens with zero attached hydrogens (tertiary/aromatic N) is 2. The third-order valence-corrected chi connectivity index (χ3v) is 5.04. The molecule has 5 nitrogen and oxygen atoms in total. The maximum Gasteiger partial charge on any atom is 0.321 e. The molecule has 5 heteroatoms. The van der Waals surface area contributed by atoms with Crippen molar-refractivity contribution >= 4 is 22.6 Å². The summed E-state index contributed by atoms with van der Waals surface area (Å²) in [5.74, 6) is 0.392. The quantitative estimate of drug-likeness (QED) is 0.906. The molecular formula is C19H25N3O2. The van der Waals surface area contributed by atoms with Crippen LogP contribution >= 0.6 is 0 Å². The summed E-state index contributed by atoms with van der Waals surface area (Å²) < 4.78 is 0. The molecule has 0 atom stereocenters. The summed E-state index contributed by atoms with van der Waals surface area (Å²) in [6.45, 7) is 2.20. The van der Waals surface area contributed by atoms with Crippen LogP contribution in [0.15, 0.2) is 30.3 Å². The second kappa shape index (κ2) is 7.18. The van der Waals surface area contributed by atoms with E-state index >= 15 is 0 Å². The highest BCUT2D eigenvalue weighted by atomic mass is 16.3. The number of nitrogens with one attached hydrogen (secondary N) is 1. The Bertz CT molecular complexity index is 724. The van der Waals surface area contributed by atoms with E-state index in [1.54, 1.807) is 4.90 Å². The lowest BCUT2D eigenvalue weighted by atomic mass is 9.86. The number of aryl methyl sites for hydroxylation is 1. The van der Waals surface area contributed by atoms with E-state index in [-0.39, 0.29) is 18.7 Å². The van der Waals surface area contributed by atoms with E-state index in [4.69, 9.17) is 0 Å². The summed E-state index contributed by atoms with van der Waals surface area (Å²) in [5.41, 5.74) is 2.50. The Kier molecular flexibility index (Phi) is 5.00. The number of aromatic nitrogens is 1. The van der Waals surface area contributed by atoms with Gasteiger partial charge in [0.25, 0.3) is 0 Å². The van der Waals surface area contributed by atoms with Gasteiger partial charge in [0.15, 0.2) is 0 Å². The number of urea groups is 1. The van der Waals surface area contributed by atoms with E-state index in [1.807, 2.05) is 44.3 Å². The predicted molar refractivity (Wildman–Crippen MR) is 96.1 cm³/mol. The number of fused-ring (bicyclic) bond motifs is 1. The van der Waals surface area contributed by atoms with E-state index in [9.17, 15) is 9.90 Å². The van der Waals surface area contributed by atoms with Crippen molar-refractivity contribution in [3.63, 3.8) is 0 Å². The average molecular weight is 327 g/mol. The maximum absolute atomic E-state index is 12.6. The standard InChI is InChI=1S/C19H25N3O2/c1-13-6-9-15-4-3-5-17(18(15)20-13)21-19(24)22(2)16-10-7-14(12-23)8-11-16/h3-6,9,14,16,23H,7-8,10-12H2,1-2H3,(H,21,24). The molecule has 1 aliphatic carbocycles. The highest BCUT2D eigenvalue weighted by Gasteiger charge is 2.26. The van der Waals surface area contributed by atoms with Crippen LogP contribution in [-0.2, 0) is 0 Å². The van der Waals surface area contributed by atoms with E-state index in [0.717, 1.165) is 48.0 Å². The fraction of sp³-hybridized carbons (Fsp3) is 0.474. The van der Waals surface area contributed by atoms with Gasteiger partial charge >= 0.3 is 6.03 Å². The van der Waals surface area contributed by atoms with E-state index in [0.29, 0.717) is 5.92 Å². The van der Waals surface area contributed by atoms with Crippen molar-refractivity contribution in [2.75, 3.05) is 19.0 Å². The Labute approximate surface area is 142 Å². The molecule has 1 heterocycles. The predicted octanol–water partition coefficient (Wildman–Crippen LogP) is 3.56. The maximum atomic E-state index is 12.6. The van der Waals surface area contributed by atoms with Crippen LogP contribution < -0.4 is 5.32 Å². The number of pyridine rings is 1. The molecule has 1 aromatic carbocycles. The van der Waals surface area contributed by atoms with Crippen LogP contribution in [0.5, 0.6) is 0 Å². The molecule has 128 valence electrons. The Morgan fingerprint density at radius 1 is 1.25 bits per heavy atom. The molecule has 2 N–H and O–H groups in total. The number of hydrogen-bond donors (Lipinski definition) is 2. The zero-order valence-corrected chi connectivity index (χ0v) is 14.3. The van der Waals surface area contributed by atoms with Crippen LogP contribution in [0.25, 0.3) is 10.9 Å². The van der Waals surface area contributed by atoms with Gasteiger partial charge < -0.3 is 15.3 Å². The minimum Gasteiger partial charge on any atom is -0.396 e. The van der Waals surface area contributed by atoms with Gasteiger partial charge in [0, 0.05) is 30.8 Å². The summed E-state index contributed by atoms with van der Waals surface area (Å²) in [7, 11) is 1.85. The summed E-state index contributed by atoms with van der Waals surface area (Å²) in [6.07, 6.45) is 3.85. The van der Waals surface area contributed by atoms with Crippen molar-refractivity contribution < 1.29 is 9.90 Å². The molecule has 0 spiro atoms. The first kappa shape index (κ1) is 16.7. The Morgan fingerprint density at radius 3 is 2.71 bits per heavy atom. The van der Waals surface area contributed by atoms with Crippen LogP contribution in [0, 0.1) is 12.8 Å². The molecule has 1 fully saturated rings. The van der Waals surface area contributed by atoms with Crippen molar-refractivity contribution in [2.45, 2.75) is 38.6 Å². The number of carbonyl (C=O) groups excluding carboxylic acids is 1. The highest BCUT2D eigenvalue weighted by molar-refractivity contribution is 5.99. The van der Waals surface area contributed by atoms with Gasteiger partial charge in [-0.1, -0.05) is 18.2 Å². The number of carbonyl (C=O) groups is 1. The zero-order chi connectivity index (χ0) is 17.1. The molecule has 2 aromatic rings. The van der Waals surface area contributed by atoms with E-state index in [2.05, 4.69) is 10.3 Å². The Hall–Kier alpha value is -2.14. The molecule has 0 aliphatic heterocycles. The van der Waals surface area contributed by atoms with Gasteiger partial charge in [0.2, 0.25) is 0 Å². The number of anilines is 1. The first-order chi connectivity index (χ1) is 11.6. The number of aliphatic hydroxyl groups excluding tert-OH is 1. The van der Waals surface area contributed by atoms with Crippen LogP contribution in [0.1, 0.15) is 31.4 Å². The number of hydrogen-bond acceptors (Lipinski definition) is 3. The molecule has 3 rings (SSSR count). The van der Waals surface area contributed by atoms with E-state index in [1.165, 1.54) is 0 Å². The lowest BCUT2D eigenvalue weighted by Crippen LogP contribution is -2.42. The number of aliphatic hydroxyl groups is 1. The van der Waals surface area contributed by atoms with Gasteiger partial charge in [0.1, 0.15) is 0 Å². The van der Waals surface area contributed by atoms with Crippen molar-refractivity contribution in [1.29, 1.82) is 0 Å². The molecule has 24 heavy (non-hydrogen) atoms. The van der Waals surface area contributed by atoms with Crippen molar-refractivity contribution in [2.24, 2.45) is 5.92 Å². The number of rotatable bonds is 3. The molecule has 0 radical (unpaired) electrons. The number of amides is 2. The SMILES string of the molecule is Cc1ccc2cccc(NC(=O)N(C)C3CCC(CO)CC3)c2n1. The molecule has 0 unspecified atom stereocenters. The van der Waals surface area contributed by atoms with Crippen molar-refractivity contribution in [3.05, 3.63) is 36.0 Å². The first-order valence-electron chi connectivity index (χ1n) is 8.59. The molecule has 1 aromatic heterocycles. The van der Waals surface area contributed by atoms with Crippen LogP contribution in [0.2, 0.25) is 0 Å². The third-order valence-electron chi connectivity index (χ3n) is 5.04. The van der Waals surface area contributed by atoms with Crippen molar-refractivity contribution in [3.8, 4) is 0 Å². The lowest BCUT2D eigenvalue weighted by Gasteiger charge is -2.34. The Morgan fingerprint density at radius 2 is 2.00 bits per heavy atom. The van der Waals surface area contributed by atoms with Gasteiger partial charge in [-0.2, -0.15) is 0 Å². The van der Waals surface area contributed by atoms with Gasteiger partial charge in [-0.25, -0.2) is 4.79 Å². The van der Waals surface area contributed by atoms with Crippen molar-refractivity contribution in [1.82, 2.24) is 9.88 Å². The van der Waals surface area contributed by atoms with Gasteiger partial charge in [0.05, 0.1) is 11.2 Å². The zero-order valence-electron chi connectivity index (χ0n) is 14.3. The monoisotopic (exact) mass is 327 g/mol. The smallest absolute Gasteiger partial charge is 0.321 e. The van der Waals surface area contributed by atoms with Gasteiger partial charge in [-0.3, -0.25) is 4.98 Å². The highest BCUT2D eigenvalue weighted by Crippen LogP contribution is 2.27. The number of para-hydroxylation sites is 1. The van der Waals surface area contributed by atoms with Gasteiger partial charge in [-0.05, 0) is 50.7 Å². The van der Waals surface area contributed by atoms with Crippen LogP contribution in [0.4, 0.5) is 10.5 Å². The molecule has 0 saturated heterocycles.